The number of hydrogen-bond acceptors (Lipinski definition) is 12. The first-order valence-corrected chi connectivity index (χ1v) is 18.3. The smallest absolute Gasteiger partial charge is 0.315 e. The first kappa shape index (κ1) is 36.6. The summed E-state index contributed by atoms with van der Waals surface area (Å²) >= 11 is 8.16. The number of aliphatic carboxylic acids is 1. The molecule has 4 aliphatic heterocycles. The molecule has 0 radical (unpaired) electrons. The van der Waals surface area contributed by atoms with Gasteiger partial charge in [0.25, 0.3) is 0 Å². The van der Waals surface area contributed by atoms with Gasteiger partial charge in [0.15, 0.2) is 0 Å². The molecule has 4 aliphatic rings. The summed E-state index contributed by atoms with van der Waals surface area (Å²) in [5, 5.41) is 18.9. The third kappa shape index (κ3) is 9.13. The van der Waals surface area contributed by atoms with Crippen LogP contribution < -0.4 is 26.6 Å². The van der Waals surface area contributed by atoms with Gasteiger partial charge in [0.1, 0.15) is 18.6 Å². The molecule has 0 aliphatic carbocycles. The molecule has 5 rings (SSSR count). The van der Waals surface area contributed by atoms with Crippen LogP contribution in [0.25, 0.3) is 0 Å². The van der Waals surface area contributed by atoms with Crippen LogP contribution in [0.2, 0.25) is 5.28 Å². The van der Waals surface area contributed by atoms with Crippen LogP contribution in [0.1, 0.15) is 51.4 Å². The Bertz CT molecular complexity index is 1390. The summed E-state index contributed by atoms with van der Waals surface area (Å²) in [5.41, 5.74) is 5.70. The zero-order valence-corrected chi connectivity index (χ0v) is 29.3. The average molecular weight is 724 g/mol. The second-order valence-corrected chi connectivity index (χ2v) is 14.4. The number of rotatable bonds is 16. The number of carbonyl (C=O) groups excluding carboxylic acids is 4. The third-order valence-corrected chi connectivity index (χ3v) is 11.2. The van der Waals surface area contributed by atoms with E-state index in [9.17, 15) is 29.1 Å². The lowest BCUT2D eigenvalue weighted by molar-refractivity contribution is -0.161. The van der Waals surface area contributed by atoms with Crippen molar-refractivity contribution in [3.8, 4) is 0 Å². The van der Waals surface area contributed by atoms with Crippen LogP contribution >= 0.6 is 23.4 Å². The molecule has 0 saturated carbocycles. The quantitative estimate of drug-likeness (QED) is 0.112. The molecule has 0 aromatic carbocycles. The Morgan fingerprint density at radius 3 is 2.57 bits per heavy atom. The third-order valence-electron chi connectivity index (χ3n) is 9.57. The number of nitrogens with two attached hydrogens (primary N) is 1. The van der Waals surface area contributed by atoms with Crippen molar-refractivity contribution in [2.24, 2.45) is 5.73 Å². The lowest BCUT2D eigenvalue weighted by atomic mass is 10.00. The summed E-state index contributed by atoms with van der Waals surface area (Å²) in [4.78, 5) is 82.6. The second kappa shape index (κ2) is 16.8. The van der Waals surface area contributed by atoms with Crippen molar-refractivity contribution < 1.29 is 29.1 Å². The van der Waals surface area contributed by atoms with Crippen LogP contribution in [-0.4, -0.2) is 153 Å². The van der Waals surface area contributed by atoms with E-state index >= 15 is 0 Å². The largest absolute Gasteiger partial charge is 0.481 e. The number of likely N-dealkylation sites (N-methyl/N-ethyl adjacent to an activating group) is 1. The van der Waals surface area contributed by atoms with E-state index in [-0.39, 0.29) is 54.6 Å². The standard InChI is InChI=1S/C30H46ClN11O6S/c1-39-19(8-9-23(44)45)26(47)42(16-22(39)43)20(6-2-4-10-32)25(46)40-12-14-41(15-13-40)29-37-27(31)36-28(38-29)33-11-5-3-7-21-24-18(17-49-21)34-30(48)35-24/h18-21,24H,2-17,32H2,1H3,(H,44,45)(H2,34,35,48)(H,33,36,37,38)/t18-,19-,20-,21-,24-/m0/s1. The van der Waals surface area contributed by atoms with Gasteiger partial charge in [0.05, 0.1) is 12.1 Å². The molecule has 1 aromatic heterocycles. The Kier molecular flexibility index (Phi) is 12.6. The van der Waals surface area contributed by atoms with Crippen molar-refractivity contribution in [3.05, 3.63) is 5.28 Å². The van der Waals surface area contributed by atoms with Gasteiger partial charge in [0, 0.05) is 57.2 Å². The minimum absolute atomic E-state index is 0.0279. The van der Waals surface area contributed by atoms with Crippen molar-refractivity contribution in [3.63, 3.8) is 0 Å². The van der Waals surface area contributed by atoms with Crippen LogP contribution in [0.4, 0.5) is 16.7 Å². The number of carboxylic acid groups (broad SMARTS) is 1. The fourth-order valence-electron chi connectivity index (χ4n) is 6.81. The molecule has 5 amide bonds. The number of hydrogen-bond donors (Lipinski definition) is 5. The first-order valence-electron chi connectivity index (χ1n) is 16.9. The van der Waals surface area contributed by atoms with Gasteiger partial charge in [-0.15, -0.1) is 0 Å². The number of amides is 5. The fourth-order valence-corrected chi connectivity index (χ4v) is 8.51. The van der Waals surface area contributed by atoms with Gasteiger partial charge in [-0.25, -0.2) is 4.79 Å². The van der Waals surface area contributed by atoms with Crippen molar-refractivity contribution in [1.82, 2.24) is 40.3 Å². The number of piperazine rings is 2. The molecule has 5 heterocycles. The number of unbranched alkanes of at least 4 members (excludes halogenated alkanes) is 2. The van der Waals surface area contributed by atoms with E-state index < -0.39 is 24.0 Å². The van der Waals surface area contributed by atoms with Crippen LogP contribution in [0.5, 0.6) is 0 Å². The number of carboxylic acids is 1. The monoisotopic (exact) mass is 723 g/mol. The Labute approximate surface area is 294 Å². The number of nitrogens with zero attached hydrogens (tertiary/aromatic N) is 7. The van der Waals surface area contributed by atoms with E-state index in [1.807, 2.05) is 16.7 Å². The first-order chi connectivity index (χ1) is 23.5. The highest BCUT2D eigenvalue weighted by atomic mass is 35.5. The van der Waals surface area contributed by atoms with Gasteiger partial charge in [-0.2, -0.15) is 26.7 Å². The minimum atomic E-state index is -1.06. The van der Waals surface area contributed by atoms with Crippen LogP contribution in [0.3, 0.4) is 0 Å². The zero-order chi connectivity index (χ0) is 35.1. The molecule has 4 saturated heterocycles. The fraction of sp³-hybridized carbons (Fsp3) is 0.733. The maximum atomic E-state index is 13.9. The average Bonchev–Trinajstić information content (AvgIpc) is 3.63. The molecule has 17 nitrogen and oxygen atoms in total. The molecule has 1 aromatic rings. The lowest BCUT2D eigenvalue weighted by Crippen LogP contribution is -2.64. The highest BCUT2D eigenvalue weighted by molar-refractivity contribution is 8.00. The Balaban J connectivity index is 1.14. The topological polar surface area (TPSA) is 219 Å². The molecule has 19 heteroatoms. The zero-order valence-electron chi connectivity index (χ0n) is 27.7. The van der Waals surface area contributed by atoms with Gasteiger partial charge >= 0.3 is 12.0 Å². The number of fused-ring (bicyclic) bond motifs is 1. The number of urea groups is 1. The summed E-state index contributed by atoms with van der Waals surface area (Å²) in [6.07, 6.45) is 4.17. The van der Waals surface area contributed by atoms with Crippen molar-refractivity contribution in [2.75, 3.05) is 68.8 Å². The number of carbonyl (C=O) groups is 5. The molecule has 49 heavy (non-hydrogen) atoms. The molecular weight excluding hydrogens is 678 g/mol. The van der Waals surface area contributed by atoms with Gasteiger partial charge in [-0.1, -0.05) is 6.42 Å². The molecule has 0 spiro atoms. The summed E-state index contributed by atoms with van der Waals surface area (Å²) in [6, 6.07) is -1.48. The van der Waals surface area contributed by atoms with Crippen LogP contribution in [-0.2, 0) is 19.2 Å². The normalized spacial score (nSPS) is 24.5. The van der Waals surface area contributed by atoms with Crippen molar-refractivity contribution in [2.45, 2.75) is 80.8 Å². The van der Waals surface area contributed by atoms with E-state index in [1.165, 1.54) is 16.8 Å². The second-order valence-electron chi connectivity index (χ2n) is 12.8. The summed E-state index contributed by atoms with van der Waals surface area (Å²) < 4.78 is 0. The van der Waals surface area contributed by atoms with Gasteiger partial charge in [-0.05, 0) is 56.7 Å². The minimum Gasteiger partial charge on any atom is -0.481 e. The van der Waals surface area contributed by atoms with Gasteiger partial charge in [0.2, 0.25) is 34.9 Å². The van der Waals surface area contributed by atoms with Crippen LogP contribution in [0, 0.1) is 0 Å². The molecule has 270 valence electrons. The summed E-state index contributed by atoms with van der Waals surface area (Å²) in [6.45, 7) is 2.36. The number of halogens is 1. The molecular formula is C30H46ClN11O6S. The number of anilines is 2. The Morgan fingerprint density at radius 1 is 1.06 bits per heavy atom. The highest BCUT2D eigenvalue weighted by Gasteiger charge is 2.44. The van der Waals surface area contributed by atoms with E-state index in [1.54, 1.807) is 4.90 Å². The lowest BCUT2D eigenvalue weighted by Gasteiger charge is -2.43. The van der Waals surface area contributed by atoms with Gasteiger partial charge in [-0.3, -0.25) is 19.2 Å². The molecule has 5 atom stereocenters. The maximum Gasteiger partial charge on any atom is 0.315 e. The Morgan fingerprint density at radius 2 is 1.84 bits per heavy atom. The Hall–Kier alpha value is -3.64. The highest BCUT2D eigenvalue weighted by Crippen LogP contribution is 2.33. The van der Waals surface area contributed by atoms with E-state index in [2.05, 4.69) is 30.9 Å². The number of nitrogens with one attached hydrogen (secondary N) is 3. The van der Waals surface area contributed by atoms with Gasteiger partial charge < -0.3 is 46.4 Å². The molecule has 6 N–H and O–H groups in total. The predicted octanol–water partition coefficient (Wildman–Crippen LogP) is -0.0472. The summed E-state index contributed by atoms with van der Waals surface area (Å²) in [5.74, 6) is -0.375. The maximum absolute atomic E-state index is 13.9. The van der Waals surface area contributed by atoms with E-state index in [0.717, 1.165) is 25.0 Å². The van der Waals surface area contributed by atoms with Crippen LogP contribution in [0.15, 0.2) is 0 Å². The SMILES string of the molecule is CN1C(=O)CN([C@@H](CCCCN)C(=O)N2CCN(c3nc(Cl)nc(NCCCC[C@@H]4SC[C@@H]5NC(=O)N[C@@H]54)n3)CC2)C(=O)[C@@H]1CCC(=O)O. The van der Waals surface area contributed by atoms with E-state index in [0.29, 0.717) is 75.7 Å². The summed E-state index contributed by atoms with van der Waals surface area (Å²) in [7, 11) is 1.49. The number of aromatic nitrogens is 3. The molecule has 0 bridgehead atoms. The van der Waals surface area contributed by atoms with Crippen molar-refractivity contribution >= 4 is 65.0 Å². The van der Waals surface area contributed by atoms with Crippen molar-refractivity contribution in [1.29, 1.82) is 0 Å². The predicted molar refractivity (Wildman–Crippen MR) is 183 cm³/mol. The molecule has 4 fully saturated rings. The number of thioether (sulfide) groups is 1. The molecule has 0 unspecified atom stereocenters. The van der Waals surface area contributed by atoms with E-state index in [4.69, 9.17) is 17.3 Å².